The lowest BCUT2D eigenvalue weighted by Gasteiger charge is -2.40. The van der Waals surface area contributed by atoms with E-state index in [4.69, 9.17) is 0 Å². The molecule has 1 heterocycles. The molecule has 0 atom stereocenters. The average molecular weight is 239 g/mol. The number of aryl methyl sites for hydroxylation is 2. The van der Waals surface area contributed by atoms with Crippen LogP contribution in [0, 0.1) is 6.92 Å². The van der Waals surface area contributed by atoms with Gasteiger partial charge in [0.15, 0.2) is 0 Å². The van der Waals surface area contributed by atoms with E-state index in [1.54, 1.807) is 0 Å². The van der Waals surface area contributed by atoms with Gasteiger partial charge in [-0.05, 0) is 26.0 Å². The Morgan fingerprint density at radius 3 is 2.75 bits per heavy atom. The van der Waals surface area contributed by atoms with E-state index in [0.717, 1.165) is 18.8 Å². The van der Waals surface area contributed by atoms with Gasteiger partial charge < -0.3 is 5.32 Å². The van der Waals surface area contributed by atoms with Crippen molar-refractivity contribution in [2.75, 3.05) is 12.8 Å². The van der Waals surface area contributed by atoms with Crippen molar-refractivity contribution in [1.82, 2.24) is 15.1 Å². The van der Waals surface area contributed by atoms with Gasteiger partial charge in [-0.15, -0.1) is 0 Å². The molecule has 1 N–H and O–H groups in total. The minimum atomic E-state index is 0.524. The number of thioether (sulfide) groups is 1. The zero-order chi connectivity index (χ0) is 11.6. The third-order valence-electron chi connectivity index (χ3n) is 3.58. The van der Waals surface area contributed by atoms with Crippen LogP contribution in [0.4, 0.5) is 0 Å². The molecule has 1 saturated carbocycles. The molecular formula is C12H21N3S. The van der Waals surface area contributed by atoms with E-state index in [9.17, 15) is 0 Å². The van der Waals surface area contributed by atoms with Crippen LogP contribution in [-0.4, -0.2) is 27.3 Å². The molecule has 0 bridgehead atoms. The van der Waals surface area contributed by atoms with Crippen molar-refractivity contribution in [2.24, 2.45) is 7.05 Å². The summed E-state index contributed by atoms with van der Waals surface area (Å²) in [6, 6.07) is 0. The summed E-state index contributed by atoms with van der Waals surface area (Å²) in [4.78, 5) is 0. The fourth-order valence-electron chi connectivity index (χ4n) is 2.27. The van der Waals surface area contributed by atoms with Crippen LogP contribution < -0.4 is 5.32 Å². The molecule has 1 fully saturated rings. The highest BCUT2D eigenvalue weighted by atomic mass is 32.2. The SMILES string of the molecule is CSC1(CNCc2cn(C)nc2C)CCC1. The molecule has 1 aromatic rings. The Labute approximate surface area is 102 Å². The van der Waals surface area contributed by atoms with Crippen LogP contribution in [0.25, 0.3) is 0 Å². The third-order valence-corrected chi connectivity index (χ3v) is 4.99. The molecule has 0 aliphatic heterocycles. The summed E-state index contributed by atoms with van der Waals surface area (Å²) < 4.78 is 2.41. The number of rotatable bonds is 5. The average Bonchev–Trinajstić information content (AvgIpc) is 2.50. The van der Waals surface area contributed by atoms with Gasteiger partial charge in [0, 0.05) is 36.6 Å². The van der Waals surface area contributed by atoms with Crippen LogP contribution in [-0.2, 0) is 13.6 Å². The third kappa shape index (κ3) is 2.43. The van der Waals surface area contributed by atoms with Gasteiger partial charge in [-0.1, -0.05) is 6.42 Å². The first kappa shape index (κ1) is 12.0. The normalized spacial score (nSPS) is 18.4. The van der Waals surface area contributed by atoms with Gasteiger partial charge in [-0.25, -0.2) is 0 Å². The molecule has 3 nitrogen and oxygen atoms in total. The van der Waals surface area contributed by atoms with E-state index >= 15 is 0 Å². The van der Waals surface area contributed by atoms with Gasteiger partial charge in [0.1, 0.15) is 0 Å². The Hall–Kier alpha value is -0.480. The Morgan fingerprint density at radius 2 is 2.31 bits per heavy atom. The van der Waals surface area contributed by atoms with Crippen molar-refractivity contribution < 1.29 is 0 Å². The minimum Gasteiger partial charge on any atom is -0.311 e. The number of aromatic nitrogens is 2. The van der Waals surface area contributed by atoms with Crippen molar-refractivity contribution in [1.29, 1.82) is 0 Å². The lowest BCUT2D eigenvalue weighted by atomic mass is 9.84. The Kier molecular flexibility index (Phi) is 3.60. The van der Waals surface area contributed by atoms with Crippen LogP contribution in [0.5, 0.6) is 0 Å². The molecule has 1 aliphatic carbocycles. The molecule has 90 valence electrons. The molecular weight excluding hydrogens is 218 g/mol. The van der Waals surface area contributed by atoms with E-state index in [1.165, 1.54) is 24.8 Å². The van der Waals surface area contributed by atoms with Gasteiger partial charge >= 0.3 is 0 Å². The molecule has 4 heteroatoms. The Balaban J connectivity index is 1.81. The maximum absolute atomic E-state index is 4.35. The van der Waals surface area contributed by atoms with E-state index in [2.05, 4.69) is 29.8 Å². The van der Waals surface area contributed by atoms with E-state index in [0.29, 0.717) is 4.75 Å². The van der Waals surface area contributed by atoms with Crippen molar-refractivity contribution in [3.05, 3.63) is 17.5 Å². The smallest absolute Gasteiger partial charge is 0.0638 e. The maximum atomic E-state index is 4.35. The highest BCUT2D eigenvalue weighted by Gasteiger charge is 2.35. The summed E-state index contributed by atoms with van der Waals surface area (Å²) in [5, 5.41) is 7.93. The molecule has 0 saturated heterocycles. The van der Waals surface area contributed by atoms with Gasteiger partial charge in [0.05, 0.1) is 5.69 Å². The summed E-state index contributed by atoms with van der Waals surface area (Å²) in [6.45, 7) is 4.15. The second-order valence-electron chi connectivity index (χ2n) is 4.76. The topological polar surface area (TPSA) is 29.9 Å². The number of nitrogens with one attached hydrogen (secondary N) is 1. The maximum Gasteiger partial charge on any atom is 0.0638 e. The van der Waals surface area contributed by atoms with Crippen LogP contribution >= 0.6 is 11.8 Å². The van der Waals surface area contributed by atoms with E-state index in [1.807, 2.05) is 23.5 Å². The molecule has 1 aliphatic rings. The van der Waals surface area contributed by atoms with Gasteiger partial charge in [0.25, 0.3) is 0 Å². The second-order valence-corrected chi connectivity index (χ2v) is 6.03. The van der Waals surface area contributed by atoms with E-state index < -0.39 is 0 Å². The summed E-state index contributed by atoms with van der Waals surface area (Å²) in [7, 11) is 1.98. The summed E-state index contributed by atoms with van der Waals surface area (Å²) in [6.07, 6.45) is 8.47. The lowest BCUT2D eigenvalue weighted by molar-refractivity contribution is 0.345. The second kappa shape index (κ2) is 4.80. The predicted molar refractivity (Wildman–Crippen MR) is 69.7 cm³/mol. The Morgan fingerprint density at radius 1 is 1.56 bits per heavy atom. The highest BCUT2D eigenvalue weighted by molar-refractivity contribution is 8.00. The molecule has 2 rings (SSSR count). The highest BCUT2D eigenvalue weighted by Crippen LogP contribution is 2.42. The zero-order valence-corrected chi connectivity index (χ0v) is 11.2. The summed E-state index contributed by atoms with van der Waals surface area (Å²) >= 11 is 2.02. The molecule has 0 amide bonds. The lowest BCUT2D eigenvalue weighted by Crippen LogP contribution is -2.43. The molecule has 16 heavy (non-hydrogen) atoms. The minimum absolute atomic E-state index is 0.524. The van der Waals surface area contributed by atoms with Crippen LogP contribution in [0.1, 0.15) is 30.5 Å². The van der Waals surface area contributed by atoms with Crippen molar-refractivity contribution in [2.45, 2.75) is 37.5 Å². The molecule has 0 radical (unpaired) electrons. The standard InChI is InChI=1S/C12H21N3S/c1-10-11(8-15(2)14-10)7-13-9-12(16-3)5-4-6-12/h8,13H,4-7,9H2,1-3H3. The van der Waals surface area contributed by atoms with Gasteiger partial charge in [-0.2, -0.15) is 16.9 Å². The monoisotopic (exact) mass is 239 g/mol. The van der Waals surface area contributed by atoms with Crippen LogP contribution in [0.15, 0.2) is 6.20 Å². The first-order valence-electron chi connectivity index (χ1n) is 5.90. The fourth-order valence-corrected chi connectivity index (χ4v) is 3.21. The van der Waals surface area contributed by atoms with Crippen molar-refractivity contribution in [3.63, 3.8) is 0 Å². The molecule has 0 aromatic carbocycles. The Bertz CT molecular complexity index is 350. The zero-order valence-electron chi connectivity index (χ0n) is 10.4. The van der Waals surface area contributed by atoms with E-state index in [-0.39, 0.29) is 0 Å². The van der Waals surface area contributed by atoms with Crippen molar-refractivity contribution in [3.8, 4) is 0 Å². The quantitative estimate of drug-likeness (QED) is 0.853. The fraction of sp³-hybridized carbons (Fsp3) is 0.750. The van der Waals surface area contributed by atoms with Crippen LogP contribution in [0.3, 0.4) is 0 Å². The number of hydrogen-bond donors (Lipinski definition) is 1. The summed E-state index contributed by atoms with van der Waals surface area (Å²) in [5.41, 5.74) is 2.46. The van der Waals surface area contributed by atoms with Crippen molar-refractivity contribution >= 4 is 11.8 Å². The number of nitrogens with zero attached hydrogens (tertiary/aromatic N) is 2. The number of hydrogen-bond acceptors (Lipinski definition) is 3. The van der Waals surface area contributed by atoms with Crippen LogP contribution in [0.2, 0.25) is 0 Å². The van der Waals surface area contributed by atoms with Gasteiger partial charge in [0.2, 0.25) is 0 Å². The molecule has 0 unspecified atom stereocenters. The predicted octanol–water partition coefficient (Wildman–Crippen LogP) is 2.10. The summed E-state index contributed by atoms with van der Waals surface area (Å²) in [5.74, 6) is 0. The molecule has 1 aromatic heterocycles. The first-order chi connectivity index (χ1) is 7.65. The first-order valence-corrected chi connectivity index (χ1v) is 7.13. The largest absolute Gasteiger partial charge is 0.311 e. The van der Waals surface area contributed by atoms with Gasteiger partial charge in [-0.3, -0.25) is 4.68 Å². The molecule has 0 spiro atoms.